The van der Waals surface area contributed by atoms with Crippen LogP contribution in [0.2, 0.25) is 0 Å². The van der Waals surface area contributed by atoms with Crippen LogP contribution in [0.15, 0.2) is 10.6 Å². The van der Waals surface area contributed by atoms with E-state index >= 15 is 0 Å². The molecule has 0 aliphatic heterocycles. The topological polar surface area (TPSA) is 125 Å². The van der Waals surface area contributed by atoms with E-state index in [1.165, 1.54) is 0 Å². The number of nitrogens with two attached hydrogens (primary N) is 1. The zero-order chi connectivity index (χ0) is 15.5. The summed E-state index contributed by atoms with van der Waals surface area (Å²) >= 11 is 0. The van der Waals surface area contributed by atoms with Crippen molar-refractivity contribution in [3.8, 4) is 0 Å². The van der Waals surface area contributed by atoms with E-state index < -0.39 is 0 Å². The molecule has 0 unspecified atom stereocenters. The van der Waals surface area contributed by atoms with Gasteiger partial charge in [0.05, 0.1) is 19.3 Å². The van der Waals surface area contributed by atoms with Gasteiger partial charge in [-0.15, -0.1) is 15.3 Å². The number of amides is 1. The zero-order valence-corrected chi connectivity index (χ0v) is 12.3. The molecule has 0 atom stereocenters. The Hall–Kier alpha value is -2.29. The number of aromatic nitrogens is 5. The molecule has 21 heavy (non-hydrogen) atoms. The van der Waals surface area contributed by atoms with Crippen LogP contribution in [0.3, 0.4) is 0 Å². The van der Waals surface area contributed by atoms with Crippen LogP contribution in [0.1, 0.15) is 38.2 Å². The maximum absolute atomic E-state index is 11.1. The Morgan fingerprint density at radius 3 is 2.76 bits per heavy atom. The van der Waals surface area contributed by atoms with Crippen molar-refractivity contribution in [3.05, 3.63) is 23.7 Å². The molecular weight excluding hydrogens is 274 g/mol. The van der Waals surface area contributed by atoms with Crippen LogP contribution < -0.4 is 11.1 Å². The van der Waals surface area contributed by atoms with Crippen molar-refractivity contribution in [2.45, 2.75) is 39.3 Å². The Morgan fingerprint density at radius 2 is 2.14 bits per heavy atom. The number of nitrogens with one attached hydrogen (secondary N) is 1. The lowest BCUT2D eigenvalue weighted by atomic mass is 9.97. The third-order valence-electron chi connectivity index (χ3n) is 2.64. The Morgan fingerprint density at radius 1 is 1.38 bits per heavy atom. The van der Waals surface area contributed by atoms with Gasteiger partial charge < -0.3 is 15.5 Å². The Balaban J connectivity index is 1.96. The van der Waals surface area contributed by atoms with Crippen LogP contribution in [0.25, 0.3) is 0 Å². The molecule has 3 N–H and O–H groups in total. The number of hydrogen-bond acceptors (Lipinski definition) is 7. The molecule has 9 heteroatoms. The Kier molecular flexibility index (Phi) is 4.32. The summed E-state index contributed by atoms with van der Waals surface area (Å²) in [5, 5.41) is 18.5. The fraction of sp³-hybridized carbons (Fsp3) is 0.583. The molecule has 0 spiro atoms. The SMILES string of the molecule is CC(C)(C)c1nnc(Cn2cc(CNC(=O)CN)nn2)o1. The molecule has 2 aromatic heterocycles. The number of carbonyl (C=O) groups is 1. The van der Waals surface area contributed by atoms with Crippen molar-refractivity contribution in [3.63, 3.8) is 0 Å². The van der Waals surface area contributed by atoms with Gasteiger partial charge in [-0.25, -0.2) is 4.68 Å². The first-order valence-electron chi connectivity index (χ1n) is 6.57. The first-order chi connectivity index (χ1) is 9.88. The molecule has 0 bridgehead atoms. The zero-order valence-electron chi connectivity index (χ0n) is 12.3. The molecule has 2 heterocycles. The number of hydrogen-bond donors (Lipinski definition) is 2. The smallest absolute Gasteiger partial charge is 0.238 e. The van der Waals surface area contributed by atoms with E-state index in [0.29, 0.717) is 24.0 Å². The van der Waals surface area contributed by atoms with Crippen LogP contribution in [0.4, 0.5) is 0 Å². The standard InChI is InChI=1S/C12H19N7O2/c1-12(2,3)11-17-16-10(21-11)7-19-6-8(15-18-19)5-14-9(20)4-13/h6H,4-5,7,13H2,1-3H3,(H,14,20). The van der Waals surface area contributed by atoms with E-state index in [1.54, 1.807) is 10.9 Å². The van der Waals surface area contributed by atoms with E-state index in [-0.39, 0.29) is 24.4 Å². The highest BCUT2D eigenvalue weighted by Crippen LogP contribution is 2.20. The minimum absolute atomic E-state index is 0.0499. The highest BCUT2D eigenvalue weighted by Gasteiger charge is 2.21. The average molecular weight is 293 g/mol. The molecule has 2 aromatic rings. The van der Waals surface area contributed by atoms with Crippen LogP contribution in [-0.4, -0.2) is 37.6 Å². The first kappa shape index (κ1) is 15.1. The fourth-order valence-corrected chi connectivity index (χ4v) is 1.52. The Bertz CT molecular complexity index is 611. The highest BCUT2D eigenvalue weighted by molar-refractivity contribution is 5.77. The summed E-state index contributed by atoms with van der Waals surface area (Å²) in [6.07, 6.45) is 1.71. The van der Waals surface area contributed by atoms with Gasteiger partial charge >= 0.3 is 0 Å². The van der Waals surface area contributed by atoms with Gasteiger partial charge in [-0.1, -0.05) is 26.0 Å². The van der Waals surface area contributed by atoms with Gasteiger partial charge in [-0.2, -0.15) is 0 Å². The van der Waals surface area contributed by atoms with E-state index in [4.69, 9.17) is 10.2 Å². The maximum Gasteiger partial charge on any atom is 0.238 e. The lowest BCUT2D eigenvalue weighted by molar-refractivity contribution is -0.119. The van der Waals surface area contributed by atoms with Crippen molar-refractivity contribution in [1.29, 1.82) is 0 Å². The summed E-state index contributed by atoms with van der Waals surface area (Å²) in [7, 11) is 0. The highest BCUT2D eigenvalue weighted by atomic mass is 16.4. The number of nitrogens with zero attached hydrogens (tertiary/aromatic N) is 5. The predicted octanol–water partition coefficient (Wildman–Crippen LogP) is -0.418. The maximum atomic E-state index is 11.1. The molecule has 0 aliphatic carbocycles. The molecule has 0 fully saturated rings. The second kappa shape index (κ2) is 6.00. The molecule has 0 aromatic carbocycles. The van der Waals surface area contributed by atoms with Gasteiger partial charge in [-0.05, 0) is 0 Å². The molecule has 2 rings (SSSR count). The fourth-order valence-electron chi connectivity index (χ4n) is 1.52. The second-order valence-electron chi connectivity index (χ2n) is 5.64. The van der Waals surface area contributed by atoms with Gasteiger partial charge in [0.25, 0.3) is 0 Å². The van der Waals surface area contributed by atoms with Gasteiger partial charge in [0.2, 0.25) is 17.7 Å². The molecular formula is C12H19N7O2. The van der Waals surface area contributed by atoms with Gasteiger partial charge in [-0.3, -0.25) is 4.79 Å². The summed E-state index contributed by atoms with van der Waals surface area (Å²) in [6, 6.07) is 0. The van der Waals surface area contributed by atoms with Crippen molar-refractivity contribution in [2.75, 3.05) is 6.54 Å². The minimum atomic E-state index is -0.240. The molecule has 0 radical (unpaired) electrons. The van der Waals surface area contributed by atoms with Crippen molar-refractivity contribution >= 4 is 5.91 Å². The quantitative estimate of drug-likeness (QED) is 0.767. The van der Waals surface area contributed by atoms with E-state index in [2.05, 4.69) is 25.8 Å². The summed E-state index contributed by atoms with van der Waals surface area (Å²) in [6.45, 7) is 6.56. The molecule has 0 aliphatic rings. The van der Waals surface area contributed by atoms with E-state index in [0.717, 1.165) is 0 Å². The van der Waals surface area contributed by atoms with E-state index in [1.807, 2.05) is 20.8 Å². The van der Waals surface area contributed by atoms with Crippen LogP contribution in [-0.2, 0) is 23.3 Å². The third-order valence-corrected chi connectivity index (χ3v) is 2.64. The molecule has 0 saturated heterocycles. The summed E-state index contributed by atoms with van der Waals surface area (Å²) in [5.74, 6) is 0.798. The molecule has 0 saturated carbocycles. The lowest BCUT2D eigenvalue weighted by Gasteiger charge is -2.10. The summed E-state index contributed by atoms with van der Waals surface area (Å²) in [4.78, 5) is 11.1. The second-order valence-corrected chi connectivity index (χ2v) is 5.64. The minimum Gasteiger partial charge on any atom is -0.423 e. The normalized spacial score (nSPS) is 11.6. The third kappa shape index (κ3) is 4.09. The Labute approximate surface area is 121 Å². The predicted molar refractivity (Wildman–Crippen MR) is 73.0 cm³/mol. The monoisotopic (exact) mass is 293 g/mol. The number of carbonyl (C=O) groups excluding carboxylic acids is 1. The van der Waals surface area contributed by atoms with Gasteiger partial charge in [0, 0.05) is 5.41 Å². The summed E-state index contributed by atoms with van der Waals surface area (Å²) in [5.41, 5.74) is 5.64. The lowest BCUT2D eigenvalue weighted by Crippen LogP contribution is -2.29. The number of rotatable bonds is 5. The molecule has 114 valence electrons. The van der Waals surface area contributed by atoms with Crippen molar-refractivity contribution < 1.29 is 9.21 Å². The van der Waals surface area contributed by atoms with Crippen molar-refractivity contribution in [2.24, 2.45) is 5.73 Å². The van der Waals surface area contributed by atoms with Crippen LogP contribution in [0.5, 0.6) is 0 Å². The van der Waals surface area contributed by atoms with Crippen molar-refractivity contribution in [1.82, 2.24) is 30.5 Å². The van der Waals surface area contributed by atoms with Gasteiger partial charge in [0.1, 0.15) is 12.2 Å². The largest absolute Gasteiger partial charge is 0.423 e. The first-order valence-corrected chi connectivity index (χ1v) is 6.57. The molecule has 1 amide bonds. The van der Waals surface area contributed by atoms with Crippen LogP contribution in [0, 0.1) is 0 Å². The van der Waals surface area contributed by atoms with E-state index in [9.17, 15) is 4.79 Å². The van der Waals surface area contributed by atoms with Gasteiger partial charge in [0.15, 0.2) is 0 Å². The molecule has 9 nitrogen and oxygen atoms in total. The summed E-state index contributed by atoms with van der Waals surface area (Å²) < 4.78 is 7.15. The van der Waals surface area contributed by atoms with Crippen LogP contribution >= 0.6 is 0 Å². The average Bonchev–Trinajstić information content (AvgIpc) is 3.05.